The molecule has 0 atom stereocenters. The minimum atomic E-state index is 0.565. The fourth-order valence-corrected chi connectivity index (χ4v) is 9.00. The van der Waals surface area contributed by atoms with Crippen LogP contribution in [0.4, 0.5) is 0 Å². The summed E-state index contributed by atoms with van der Waals surface area (Å²) in [6.45, 7) is 0. The predicted molar refractivity (Wildman–Crippen MR) is 256 cm³/mol. The van der Waals surface area contributed by atoms with Crippen molar-refractivity contribution in [2.45, 2.75) is 0 Å². The monoisotopic (exact) mass is 789 g/mol. The first-order valence-corrected chi connectivity index (χ1v) is 20.8. The van der Waals surface area contributed by atoms with E-state index in [0.29, 0.717) is 17.5 Å². The topological polar surface area (TPSA) is 64.5 Å². The molecule has 12 aromatic rings. The molecule has 0 amide bonds. The third-order valence-corrected chi connectivity index (χ3v) is 11.9. The van der Waals surface area contributed by atoms with Crippen LogP contribution in [0.2, 0.25) is 0 Å². The molecule has 0 bridgehead atoms. The molecule has 0 N–H and O–H groups in total. The number of rotatable bonds is 6. The van der Waals surface area contributed by atoms with Crippen molar-refractivity contribution in [1.29, 1.82) is 0 Å². The Labute approximate surface area is 357 Å². The van der Waals surface area contributed by atoms with E-state index < -0.39 is 0 Å². The number of aromatic nitrogens is 5. The SMILES string of the molecule is c1ccc(-c2nc(-c3cc(-c4cnc5c6ccccc6c6ccccc6c5n4)cc(-c4cc5ccccc5c5ccccc45)c3)nc(-c3ccccc3-c3ccccc3)n2)cc1. The van der Waals surface area contributed by atoms with E-state index in [1.54, 1.807) is 0 Å². The molecule has 0 aliphatic carbocycles. The quantitative estimate of drug-likeness (QED) is 0.157. The fourth-order valence-electron chi connectivity index (χ4n) is 9.00. The van der Waals surface area contributed by atoms with Gasteiger partial charge in [-0.1, -0.05) is 182 Å². The summed E-state index contributed by atoms with van der Waals surface area (Å²) in [7, 11) is 0. The van der Waals surface area contributed by atoms with E-state index in [1.165, 1.54) is 21.5 Å². The van der Waals surface area contributed by atoms with Crippen molar-refractivity contribution in [1.82, 2.24) is 24.9 Å². The average molecular weight is 790 g/mol. The third-order valence-electron chi connectivity index (χ3n) is 11.9. The number of benzene rings is 10. The molecule has 2 heterocycles. The average Bonchev–Trinajstić information content (AvgIpc) is 3.36. The van der Waals surface area contributed by atoms with Gasteiger partial charge in [0.15, 0.2) is 17.5 Å². The van der Waals surface area contributed by atoms with Crippen molar-refractivity contribution < 1.29 is 0 Å². The van der Waals surface area contributed by atoms with Gasteiger partial charge < -0.3 is 0 Å². The lowest BCUT2D eigenvalue weighted by atomic mass is 9.91. The van der Waals surface area contributed by atoms with Crippen LogP contribution in [0.5, 0.6) is 0 Å². The molecule has 0 saturated heterocycles. The second-order valence-electron chi connectivity index (χ2n) is 15.6. The Morgan fingerprint density at radius 1 is 0.258 bits per heavy atom. The maximum Gasteiger partial charge on any atom is 0.164 e. The standard InChI is InChI=1S/C57H35N5/c1-3-17-36(18-4-1)42-22-9-16-30-50(42)57-61-55(37-19-5-2-6-20-37)60-56(62-57)41-32-39(51-34-38-21-7-8-23-43(38)44-24-10-11-27-47(44)51)31-40(33-41)52-35-58-53-48-28-14-12-25-45(48)46-26-13-15-29-49(46)54(53)59-52/h1-35H. The van der Waals surface area contributed by atoms with Gasteiger partial charge in [-0.25, -0.2) is 19.9 Å². The molecule has 10 aromatic carbocycles. The van der Waals surface area contributed by atoms with Crippen LogP contribution in [0.1, 0.15) is 0 Å². The van der Waals surface area contributed by atoms with Crippen molar-refractivity contribution in [3.8, 4) is 67.7 Å². The normalized spacial score (nSPS) is 11.5. The minimum Gasteiger partial charge on any atom is -0.252 e. The van der Waals surface area contributed by atoms with Gasteiger partial charge in [-0.3, -0.25) is 4.98 Å². The Balaban J connectivity index is 1.14. The molecule has 5 heteroatoms. The van der Waals surface area contributed by atoms with Crippen LogP contribution in [-0.2, 0) is 0 Å². The first-order valence-electron chi connectivity index (χ1n) is 20.8. The molecule has 0 unspecified atom stereocenters. The Morgan fingerprint density at radius 3 is 1.45 bits per heavy atom. The number of hydrogen-bond acceptors (Lipinski definition) is 5. The molecule has 0 saturated carbocycles. The van der Waals surface area contributed by atoms with Crippen LogP contribution in [0.3, 0.4) is 0 Å². The van der Waals surface area contributed by atoms with Crippen LogP contribution in [0.15, 0.2) is 212 Å². The molecule has 0 radical (unpaired) electrons. The molecular formula is C57H35N5. The van der Waals surface area contributed by atoms with Gasteiger partial charge in [-0.05, 0) is 78.8 Å². The Morgan fingerprint density at radius 2 is 0.742 bits per heavy atom. The molecular weight excluding hydrogens is 755 g/mol. The van der Waals surface area contributed by atoms with Gasteiger partial charge in [0.25, 0.3) is 0 Å². The van der Waals surface area contributed by atoms with E-state index in [0.717, 1.165) is 82.8 Å². The van der Waals surface area contributed by atoms with E-state index in [4.69, 9.17) is 24.9 Å². The zero-order chi connectivity index (χ0) is 41.0. The van der Waals surface area contributed by atoms with Crippen LogP contribution in [-0.4, -0.2) is 24.9 Å². The van der Waals surface area contributed by atoms with Gasteiger partial charge >= 0.3 is 0 Å². The van der Waals surface area contributed by atoms with Gasteiger partial charge in [-0.2, -0.15) is 0 Å². The molecule has 0 fully saturated rings. The fraction of sp³-hybridized carbons (Fsp3) is 0. The third kappa shape index (κ3) is 6.06. The van der Waals surface area contributed by atoms with Gasteiger partial charge in [0.1, 0.15) is 0 Å². The molecule has 2 aromatic heterocycles. The number of fused-ring (bicyclic) bond motifs is 9. The highest BCUT2D eigenvalue weighted by molar-refractivity contribution is 6.23. The molecule has 12 rings (SSSR count). The van der Waals surface area contributed by atoms with Crippen LogP contribution < -0.4 is 0 Å². The summed E-state index contributed by atoms with van der Waals surface area (Å²) in [4.78, 5) is 26.4. The molecule has 0 aliphatic heterocycles. The lowest BCUT2D eigenvalue weighted by Crippen LogP contribution is -2.01. The van der Waals surface area contributed by atoms with E-state index in [1.807, 2.05) is 48.7 Å². The van der Waals surface area contributed by atoms with E-state index in [9.17, 15) is 0 Å². The van der Waals surface area contributed by atoms with Crippen LogP contribution >= 0.6 is 0 Å². The Bertz CT molecular complexity index is 3660. The predicted octanol–water partition coefficient (Wildman–Crippen LogP) is 14.4. The molecule has 0 spiro atoms. The zero-order valence-electron chi connectivity index (χ0n) is 33.4. The lowest BCUT2D eigenvalue weighted by Gasteiger charge is -2.16. The molecule has 5 nitrogen and oxygen atoms in total. The van der Waals surface area contributed by atoms with E-state index in [-0.39, 0.29) is 0 Å². The van der Waals surface area contributed by atoms with E-state index >= 15 is 0 Å². The van der Waals surface area contributed by atoms with Crippen LogP contribution in [0.25, 0.3) is 122 Å². The summed E-state index contributed by atoms with van der Waals surface area (Å²) in [6, 6.07) is 72.0. The summed E-state index contributed by atoms with van der Waals surface area (Å²) < 4.78 is 0. The zero-order valence-corrected chi connectivity index (χ0v) is 33.4. The van der Waals surface area contributed by atoms with Crippen molar-refractivity contribution in [2.75, 3.05) is 0 Å². The smallest absolute Gasteiger partial charge is 0.164 e. The Hall–Kier alpha value is -8.41. The van der Waals surface area contributed by atoms with Gasteiger partial charge in [0, 0.05) is 33.0 Å². The van der Waals surface area contributed by atoms with Crippen LogP contribution in [0, 0.1) is 0 Å². The van der Waals surface area contributed by atoms with Crippen molar-refractivity contribution >= 4 is 54.1 Å². The number of nitrogens with zero attached hydrogens (tertiary/aromatic N) is 5. The minimum absolute atomic E-state index is 0.565. The highest BCUT2D eigenvalue weighted by Crippen LogP contribution is 2.40. The first kappa shape index (κ1) is 35.5. The van der Waals surface area contributed by atoms with Gasteiger partial charge in [-0.15, -0.1) is 0 Å². The van der Waals surface area contributed by atoms with Crippen molar-refractivity contribution in [3.63, 3.8) is 0 Å². The van der Waals surface area contributed by atoms with Gasteiger partial charge in [0.05, 0.1) is 22.9 Å². The largest absolute Gasteiger partial charge is 0.252 e. The highest BCUT2D eigenvalue weighted by atomic mass is 15.0. The molecule has 288 valence electrons. The maximum atomic E-state index is 5.47. The molecule has 62 heavy (non-hydrogen) atoms. The Kier molecular flexibility index (Phi) is 8.42. The second-order valence-corrected chi connectivity index (χ2v) is 15.6. The highest BCUT2D eigenvalue weighted by Gasteiger charge is 2.19. The number of hydrogen-bond donors (Lipinski definition) is 0. The van der Waals surface area contributed by atoms with E-state index in [2.05, 4.69) is 164 Å². The summed E-state index contributed by atoms with van der Waals surface area (Å²) >= 11 is 0. The second kappa shape index (κ2) is 14.7. The molecule has 0 aliphatic rings. The van der Waals surface area contributed by atoms with Gasteiger partial charge in [0.2, 0.25) is 0 Å². The van der Waals surface area contributed by atoms with Crippen molar-refractivity contribution in [3.05, 3.63) is 212 Å². The lowest BCUT2D eigenvalue weighted by molar-refractivity contribution is 1.07. The first-order chi connectivity index (χ1) is 30.7. The summed E-state index contributed by atoms with van der Waals surface area (Å²) in [6.07, 6.45) is 1.91. The summed E-state index contributed by atoms with van der Waals surface area (Å²) in [5.74, 6) is 1.76. The maximum absolute atomic E-state index is 5.47. The van der Waals surface area contributed by atoms with Crippen molar-refractivity contribution in [2.24, 2.45) is 0 Å². The summed E-state index contributed by atoms with van der Waals surface area (Å²) in [5.41, 5.74) is 10.4. The summed E-state index contributed by atoms with van der Waals surface area (Å²) in [5, 5.41) is 9.22.